The number of thiophene rings is 1. The number of aryl methyl sites for hydroxylation is 1. The first-order valence-corrected chi connectivity index (χ1v) is 10.3. The minimum Gasteiger partial charge on any atom is -0.325 e. The van der Waals surface area contributed by atoms with Crippen molar-refractivity contribution < 1.29 is 4.79 Å². The largest absolute Gasteiger partial charge is 0.325 e. The van der Waals surface area contributed by atoms with Gasteiger partial charge in [0.15, 0.2) is 0 Å². The van der Waals surface area contributed by atoms with Crippen molar-refractivity contribution in [3.63, 3.8) is 0 Å². The van der Waals surface area contributed by atoms with Gasteiger partial charge in [-0.3, -0.25) is 9.89 Å². The van der Waals surface area contributed by atoms with E-state index in [1.807, 2.05) is 47.9 Å². The SMILES string of the molecule is CCc1cc2c(s1)N(C(=O)N(CC)CC)CCN=C2c1ccccc1Cl. The number of anilines is 1. The summed E-state index contributed by atoms with van der Waals surface area (Å²) >= 11 is 8.13. The second kappa shape index (κ2) is 8.23. The number of carbonyl (C=O) groups is 1. The van der Waals surface area contributed by atoms with Crippen LogP contribution in [0.4, 0.5) is 9.80 Å². The predicted molar refractivity (Wildman–Crippen MR) is 111 cm³/mol. The van der Waals surface area contributed by atoms with E-state index in [0.717, 1.165) is 28.3 Å². The third-order valence-corrected chi connectivity index (χ3v) is 6.23. The molecule has 138 valence electrons. The molecule has 6 heteroatoms. The number of aliphatic imine (C=N–C) groups is 1. The standard InChI is InChI=1S/C20H24ClN3OS/c1-4-14-13-16-18(15-9-7-8-10-17(15)21)22-11-12-24(19(16)26-14)20(25)23(5-2)6-3/h7-10,13H,4-6,11-12H2,1-3H3. The number of rotatable bonds is 4. The van der Waals surface area contributed by atoms with E-state index in [2.05, 4.69) is 13.0 Å². The van der Waals surface area contributed by atoms with Gasteiger partial charge in [-0.25, -0.2) is 4.79 Å². The number of nitrogens with zero attached hydrogens (tertiary/aromatic N) is 3. The second-order valence-corrected chi connectivity index (χ2v) is 7.62. The molecule has 0 saturated carbocycles. The summed E-state index contributed by atoms with van der Waals surface area (Å²) in [7, 11) is 0. The summed E-state index contributed by atoms with van der Waals surface area (Å²) in [6, 6.07) is 9.99. The molecule has 2 heterocycles. The molecule has 0 N–H and O–H groups in total. The van der Waals surface area contributed by atoms with Crippen molar-refractivity contribution in [1.29, 1.82) is 0 Å². The Hall–Kier alpha value is -1.85. The van der Waals surface area contributed by atoms with E-state index < -0.39 is 0 Å². The number of urea groups is 1. The number of halogens is 1. The Labute approximate surface area is 164 Å². The zero-order valence-corrected chi connectivity index (χ0v) is 17.0. The van der Waals surface area contributed by atoms with Crippen LogP contribution in [0.1, 0.15) is 36.8 Å². The maximum absolute atomic E-state index is 13.1. The quantitative estimate of drug-likeness (QED) is 0.717. The summed E-state index contributed by atoms with van der Waals surface area (Å²) in [5, 5.41) is 1.67. The Morgan fingerprint density at radius 2 is 1.96 bits per heavy atom. The van der Waals surface area contributed by atoms with E-state index in [1.165, 1.54) is 4.88 Å². The van der Waals surface area contributed by atoms with Crippen molar-refractivity contribution in [3.8, 4) is 0 Å². The Bertz CT molecular complexity index is 826. The molecular weight excluding hydrogens is 366 g/mol. The molecule has 1 aromatic heterocycles. The van der Waals surface area contributed by atoms with E-state index in [4.69, 9.17) is 16.6 Å². The van der Waals surface area contributed by atoms with Gasteiger partial charge in [-0.2, -0.15) is 0 Å². The zero-order chi connectivity index (χ0) is 18.7. The van der Waals surface area contributed by atoms with Crippen LogP contribution in [0.3, 0.4) is 0 Å². The molecule has 2 amide bonds. The number of amides is 2. The summed E-state index contributed by atoms with van der Waals surface area (Å²) in [6.07, 6.45) is 0.931. The van der Waals surface area contributed by atoms with E-state index >= 15 is 0 Å². The summed E-state index contributed by atoms with van der Waals surface area (Å²) in [4.78, 5) is 22.9. The van der Waals surface area contributed by atoms with Crippen LogP contribution in [0.15, 0.2) is 35.3 Å². The van der Waals surface area contributed by atoms with Crippen LogP contribution in [-0.2, 0) is 6.42 Å². The monoisotopic (exact) mass is 389 g/mol. The fraction of sp³-hybridized carbons (Fsp3) is 0.400. The summed E-state index contributed by atoms with van der Waals surface area (Å²) in [5.41, 5.74) is 2.82. The van der Waals surface area contributed by atoms with Crippen molar-refractivity contribution >= 4 is 39.7 Å². The highest BCUT2D eigenvalue weighted by atomic mass is 35.5. The highest BCUT2D eigenvalue weighted by Crippen LogP contribution is 2.37. The van der Waals surface area contributed by atoms with Gasteiger partial charge in [0.2, 0.25) is 0 Å². The second-order valence-electron chi connectivity index (χ2n) is 6.10. The number of benzene rings is 1. The zero-order valence-electron chi connectivity index (χ0n) is 15.5. The summed E-state index contributed by atoms with van der Waals surface area (Å²) in [5.74, 6) is 0. The molecule has 0 aliphatic carbocycles. The van der Waals surface area contributed by atoms with Gasteiger partial charge in [0, 0.05) is 40.7 Å². The smallest absolute Gasteiger partial charge is 0.325 e. The molecule has 0 atom stereocenters. The van der Waals surface area contributed by atoms with Gasteiger partial charge < -0.3 is 4.90 Å². The third-order valence-electron chi connectivity index (χ3n) is 4.60. The topological polar surface area (TPSA) is 35.9 Å². The van der Waals surface area contributed by atoms with E-state index in [0.29, 0.717) is 31.2 Å². The van der Waals surface area contributed by atoms with Crippen molar-refractivity contribution in [3.05, 3.63) is 51.4 Å². The number of carbonyl (C=O) groups excluding carboxylic acids is 1. The first kappa shape index (κ1) is 18.9. The molecule has 3 rings (SSSR count). The van der Waals surface area contributed by atoms with Crippen LogP contribution in [0.5, 0.6) is 0 Å². The number of hydrogen-bond donors (Lipinski definition) is 0. The van der Waals surface area contributed by atoms with Gasteiger partial charge in [-0.15, -0.1) is 11.3 Å². The van der Waals surface area contributed by atoms with E-state index in [1.54, 1.807) is 11.3 Å². The van der Waals surface area contributed by atoms with Gasteiger partial charge in [-0.05, 0) is 32.4 Å². The Kier molecular flexibility index (Phi) is 5.99. The van der Waals surface area contributed by atoms with Gasteiger partial charge in [0.05, 0.1) is 12.3 Å². The van der Waals surface area contributed by atoms with Crippen LogP contribution < -0.4 is 4.90 Å². The molecular formula is C20H24ClN3OS. The third kappa shape index (κ3) is 3.51. The molecule has 0 unspecified atom stereocenters. The number of fused-ring (bicyclic) bond motifs is 1. The Morgan fingerprint density at radius 3 is 2.62 bits per heavy atom. The minimum atomic E-state index is 0.0522. The van der Waals surface area contributed by atoms with Gasteiger partial charge in [0.1, 0.15) is 5.00 Å². The van der Waals surface area contributed by atoms with E-state index in [-0.39, 0.29) is 6.03 Å². The van der Waals surface area contributed by atoms with Crippen LogP contribution in [0, 0.1) is 0 Å². The molecule has 0 bridgehead atoms. The highest BCUT2D eigenvalue weighted by Gasteiger charge is 2.29. The van der Waals surface area contributed by atoms with Crippen LogP contribution in [-0.4, -0.2) is 42.8 Å². The first-order valence-electron chi connectivity index (χ1n) is 9.09. The van der Waals surface area contributed by atoms with Crippen molar-refractivity contribution in [2.45, 2.75) is 27.2 Å². The molecule has 4 nitrogen and oxygen atoms in total. The van der Waals surface area contributed by atoms with Crippen molar-refractivity contribution in [1.82, 2.24) is 4.90 Å². The maximum Gasteiger partial charge on any atom is 0.325 e. The van der Waals surface area contributed by atoms with Gasteiger partial charge >= 0.3 is 6.03 Å². The van der Waals surface area contributed by atoms with Gasteiger partial charge in [-0.1, -0.05) is 36.7 Å². The lowest BCUT2D eigenvalue weighted by molar-refractivity contribution is 0.210. The van der Waals surface area contributed by atoms with Crippen LogP contribution >= 0.6 is 22.9 Å². The predicted octanol–water partition coefficient (Wildman–Crippen LogP) is 5.08. The fourth-order valence-electron chi connectivity index (χ4n) is 3.16. The fourth-order valence-corrected chi connectivity index (χ4v) is 4.49. The average molecular weight is 390 g/mol. The highest BCUT2D eigenvalue weighted by molar-refractivity contribution is 7.16. The summed E-state index contributed by atoms with van der Waals surface area (Å²) in [6.45, 7) is 8.70. The van der Waals surface area contributed by atoms with Crippen molar-refractivity contribution in [2.24, 2.45) is 4.99 Å². The lowest BCUT2D eigenvalue weighted by atomic mass is 10.0. The van der Waals surface area contributed by atoms with E-state index in [9.17, 15) is 4.79 Å². The van der Waals surface area contributed by atoms with Crippen molar-refractivity contribution in [2.75, 3.05) is 31.1 Å². The molecule has 0 radical (unpaired) electrons. The number of hydrogen-bond acceptors (Lipinski definition) is 3. The molecule has 1 aliphatic rings. The lowest BCUT2D eigenvalue weighted by Gasteiger charge is -2.28. The Morgan fingerprint density at radius 1 is 1.23 bits per heavy atom. The summed E-state index contributed by atoms with van der Waals surface area (Å²) < 4.78 is 0. The molecule has 2 aromatic rings. The average Bonchev–Trinajstić information content (AvgIpc) is 3.00. The molecule has 0 saturated heterocycles. The normalized spacial score (nSPS) is 13.8. The molecule has 1 aliphatic heterocycles. The minimum absolute atomic E-state index is 0.0522. The Balaban J connectivity index is 2.10. The van der Waals surface area contributed by atoms with Gasteiger partial charge in [0.25, 0.3) is 0 Å². The van der Waals surface area contributed by atoms with Crippen LogP contribution in [0.2, 0.25) is 5.02 Å². The molecule has 1 aromatic carbocycles. The molecule has 0 fully saturated rings. The lowest BCUT2D eigenvalue weighted by Crippen LogP contribution is -2.44. The maximum atomic E-state index is 13.1. The molecule has 0 spiro atoms. The first-order chi connectivity index (χ1) is 12.6. The molecule has 26 heavy (non-hydrogen) atoms. The van der Waals surface area contributed by atoms with Crippen LogP contribution in [0.25, 0.3) is 0 Å².